The molecular formula is C23H45BrN2. The molecule has 1 rings (SSSR count). The van der Waals surface area contributed by atoms with E-state index >= 15 is 0 Å². The molecule has 1 atom stereocenters. The van der Waals surface area contributed by atoms with Crippen LogP contribution in [0, 0.1) is 0 Å². The highest BCUT2D eigenvalue weighted by Gasteiger charge is 2.12. The van der Waals surface area contributed by atoms with Crippen molar-refractivity contribution in [2.75, 3.05) is 13.2 Å². The fourth-order valence-electron chi connectivity index (χ4n) is 3.69. The Bertz CT molecular complexity index is 330. The van der Waals surface area contributed by atoms with E-state index in [4.69, 9.17) is 0 Å². The van der Waals surface area contributed by atoms with Crippen molar-refractivity contribution in [1.29, 1.82) is 0 Å². The van der Waals surface area contributed by atoms with E-state index in [2.05, 4.69) is 30.8 Å². The summed E-state index contributed by atoms with van der Waals surface area (Å²) in [4.78, 5) is 3.78. The lowest BCUT2D eigenvalue weighted by atomic mass is 10.0. The molecule has 1 aliphatic heterocycles. The number of rotatable bonds is 18. The molecule has 0 radical (unpaired) electrons. The van der Waals surface area contributed by atoms with E-state index in [0.29, 0.717) is 0 Å². The number of nitrogens with zero attached hydrogens (tertiary/aromatic N) is 1. The normalized spacial score (nSPS) is 16.0. The predicted molar refractivity (Wildman–Crippen MR) is 111 cm³/mol. The van der Waals surface area contributed by atoms with Crippen molar-refractivity contribution in [3.63, 3.8) is 0 Å². The zero-order chi connectivity index (χ0) is 18.0. The summed E-state index contributed by atoms with van der Waals surface area (Å²) in [7, 11) is 0. The van der Waals surface area contributed by atoms with Crippen LogP contribution in [0.15, 0.2) is 25.2 Å². The first-order valence-electron chi connectivity index (χ1n) is 11.3. The standard InChI is InChI=1S/C23H44N2.BrH/c1-3-5-6-7-8-9-10-11-12-13-14-15-16-17-18-19-20-25-22-21-24(4-2)23-25;/h4,21-22H,2-3,5-20,23H2,1H3;1H. The van der Waals surface area contributed by atoms with Gasteiger partial charge in [-0.2, -0.15) is 0 Å². The fourth-order valence-corrected chi connectivity index (χ4v) is 3.69. The van der Waals surface area contributed by atoms with Gasteiger partial charge in [-0.05, 0) is 13.0 Å². The second kappa shape index (κ2) is 19.5. The molecule has 0 aromatic carbocycles. The maximum Gasteiger partial charge on any atom is 0.161 e. The van der Waals surface area contributed by atoms with E-state index in [0.717, 1.165) is 6.67 Å². The second-order valence-electron chi connectivity index (χ2n) is 7.87. The molecular weight excluding hydrogens is 384 g/mol. The first kappa shape index (κ1) is 25.7. The molecule has 0 saturated heterocycles. The minimum absolute atomic E-state index is 0. The molecule has 0 saturated carbocycles. The van der Waals surface area contributed by atoms with Gasteiger partial charge in [-0.15, -0.1) is 0 Å². The lowest BCUT2D eigenvalue weighted by Crippen LogP contribution is -3.02. The Kier molecular flexibility index (Phi) is 19.3. The third-order valence-corrected chi connectivity index (χ3v) is 5.45. The van der Waals surface area contributed by atoms with Gasteiger partial charge >= 0.3 is 0 Å². The smallest absolute Gasteiger partial charge is 0.161 e. The van der Waals surface area contributed by atoms with E-state index in [1.165, 1.54) is 114 Å². The molecule has 0 spiro atoms. The first-order chi connectivity index (χ1) is 12.4. The van der Waals surface area contributed by atoms with E-state index in [1.807, 2.05) is 6.20 Å². The topological polar surface area (TPSA) is 7.68 Å². The van der Waals surface area contributed by atoms with Crippen molar-refractivity contribution in [3.8, 4) is 0 Å². The van der Waals surface area contributed by atoms with E-state index < -0.39 is 0 Å². The summed E-state index contributed by atoms with van der Waals surface area (Å²) >= 11 is 0. The van der Waals surface area contributed by atoms with Gasteiger partial charge in [0.15, 0.2) is 6.67 Å². The Morgan fingerprint density at radius 3 is 1.58 bits per heavy atom. The van der Waals surface area contributed by atoms with Gasteiger partial charge in [0.05, 0.1) is 12.4 Å². The van der Waals surface area contributed by atoms with Gasteiger partial charge in [0.25, 0.3) is 0 Å². The summed E-state index contributed by atoms with van der Waals surface area (Å²) in [6.07, 6.45) is 29.5. The van der Waals surface area contributed by atoms with Crippen molar-refractivity contribution < 1.29 is 21.9 Å². The highest BCUT2D eigenvalue weighted by Crippen LogP contribution is 2.13. The zero-order valence-electron chi connectivity index (χ0n) is 17.5. The molecule has 26 heavy (non-hydrogen) atoms. The summed E-state index contributed by atoms with van der Waals surface area (Å²) in [5.41, 5.74) is 0. The third kappa shape index (κ3) is 14.8. The molecule has 0 fully saturated rings. The average molecular weight is 430 g/mol. The summed E-state index contributed by atoms with van der Waals surface area (Å²) < 4.78 is 0. The molecule has 0 aromatic heterocycles. The van der Waals surface area contributed by atoms with Crippen LogP contribution in [0.1, 0.15) is 110 Å². The van der Waals surface area contributed by atoms with Crippen molar-refractivity contribution in [2.24, 2.45) is 0 Å². The number of halogens is 1. The lowest BCUT2D eigenvalue weighted by molar-refractivity contribution is -0.792. The Morgan fingerprint density at radius 1 is 0.769 bits per heavy atom. The van der Waals surface area contributed by atoms with Crippen LogP contribution in [0.3, 0.4) is 0 Å². The van der Waals surface area contributed by atoms with Crippen LogP contribution in [-0.2, 0) is 0 Å². The van der Waals surface area contributed by atoms with Gasteiger partial charge < -0.3 is 21.9 Å². The highest BCUT2D eigenvalue weighted by molar-refractivity contribution is 4.79. The molecule has 2 nitrogen and oxygen atoms in total. The summed E-state index contributed by atoms with van der Waals surface area (Å²) in [6.45, 7) is 8.42. The van der Waals surface area contributed by atoms with E-state index in [-0.39, 0.29) is 17.0 Å². The van der Waals surface area contributed by atoms with Crippen LogP contribution >= 0.6 is 0 Å². The first-order valence-corrected chi connectivity index (χ1v) is 11.3. The molecule has 1 heterocycles. The fraction of sp³-hybridized carbons (Fsp3) is 0.826. The van der Waals surface area contributed by atoms with Gasteiger partial charge in [-0.25, -0.2) is 0 Å². The van der Waals surface area contributed by atoms with Crippen LogP contribution in [0.25, 0.3) is 0 Å². The Morgan fingerprint density at radius 2 is 1.19 bits per heavy atom. The van der Waals surface area contributed by atoms with Crippen molar-refractivity contribution >= 4 is 0 Å². The maximum atomic E-state index is 3.84. The molecule has 154 valence electrons. The van der Waals surface area contributed by atoms with Crippen LogP contribution in [0.4, 0.5) is 0 Å². The van der Waals surface area contributed by atoms with Gasteiger partial charge in [0.2, 0.25) is 0 Å². The van der Waals surface area contributed by atoms with Crippen LogP contribution < -0.4 is 21.9 Å². The Hall–Kier alpha value is -0.280. The summed E-state index contributed by atoms with van der Waals surface area (Å²) in [5.74, 6) is 0. The van der Waals surface area contributed by atoms with Crippen molar-refractivity contribution in [3.05, 3.63) is 25.2 Å². The minimum Gasteiger partial charge on any atom is -1.00 e. The number of unbranched alkanes of at least 4 members (excludes halogenated alkanes) is 15. The minimum atomic E-state index is 0. The molecule has 1 aliphatic rings. The molecule has 0 amide bonds. The van der Waals surface area contributed by atoms with E-state index in [9.17, 15) is 0 Å². The molecule has 1 N–H and O–H groups in total. The SMILES string of the molecule is C=C[NH+]1C=CN(CCCCCCCCCCCCCCCCCC)C1.[Br-]. The quantitative estimate of drug-likeness (QED) is 0.329. The maximum absolute atomic E-state index is 3.84. The highest BCUT2D eigenvalue weighted by atomic mass is 79.9. The molecule has 1 unspecified atom stereocenters. The van der Waals surface area contributed by atoms with Crippen LogP contribution in [-0.4, -0.2) is 18.1 Å². The second-order valence-corrected chi connectivity index (χ2v) is 7.87. The van der Waals surface area contributed by atoms with E-state index in [1.54, 1.807) is 0 Å². The lowest BCUT2D eigenvalue weighted by Gasteiger charge is -2.14. The van der Waals surface area contributed by atoms with Gasteiger partial charge in [-0.3, -0.25) is 4.90 Å². The van der Waals surface area contributed by atoms with Gasteiger partial charge in [0, 0.05) is 6.54 Å². The molecule has 0 aliphatic carbocycles. The monoisotopic (exact) mass is 428 g/mol. The molecule has 0 aromatic rings. The summed E-state index contributed by atoms with van der Waals surface area (Å²) in [5, 5.41) is 0. The number of quaternary nitrogens is 1. The number of hydrogen-bond acceptors (Lipinski definition) is 1. The zero-order valence-corrected chi connectivity index (χ0v) is 19.1. The number of hydrogen-bond donors (Lipinski definition) is 1. The largest absolute Gasteiger partial charge is 1.00 e. The number of nitrogens with one attached hydrogen (secondary N) is 1. The van der Waals surface area contributed by atoms with Gasteiger partial charge in [0.1, 0.15) is 6.20 Å². The third-order valence-electron chi connectivity index (χ3n) is 5.45. The van der Waals surface area contributed by atoms with Crippen molar-refractivity contribution in [1.82, 2.24) is 4.90 Å². The van der Waals surface area contributed by atoms with Crippen molar-refractivity contribution in [2.45, 2.75) is 110 Å². The summed E-state index contributed by atoms with van der Waals surface area (Å²) in [6, 6.07) is 0. The molecule has 3 heteroatoms. The predicted octanol–water partition coefficient (Wildman–Crippen LogP) is 3.02. The van der Waals surface area contributed by atoms with Crippen LogP contribution in [0.5, 0.6) is 0 Å². The average Bonchev–Trinajstić information content (AvgIpc) is 3.09. The Labute approximate surface area is 174 Å². The Balaban J connectivity index is 0.00000625. The molecule has 0 bridgehead atoms. The van der Waals surface area contributed by atoms with Gasteiger partial charge in [-0.1, -0.05) is 103 Å². The van der Waals surface area contributed by atoms with Crippen LogP contribution in [0.2, 0.25) is 0 Å².